The molecule has 0 spiro atoms. The van der Waals surface area contributed by atoms with Crippen LogP contribution < -0.4 is 5.32 Å². The van der Waals surface area contributed by atoms with E-state index in [2.05, 4.69) is 15.3 Å². The van der Waals surface area contributed by atoms with Crippen LogP contribution in [0.3, 0.4) is 0 Å². The van der Waals surface area contributed by atoms with Gasteiger partial charge >= 0.3 is 0 Å². The number of amides is 1. The Balaban J connectivity index is 1.52. The van der Waals surface area contributed by atoms with Crippen LogP contribution in [0.5, 0.6) is 0 Å². The molecule has 1 N–H and O–H groups in total. The topological polar surface area (TPSA) is 71.3 Å². The second-order valence-electron chi connectivity index (χ2n) is 7.05. The molecule has 2 aromatic heterocycles. The van der Waals surface area contributed by atoms with Crippen LogP contribution in [0, 0.1) is 6.92 Å². The first-order valence-corrected chi connectivity index (χ1v) is 11.0. The summed E-state index contributed by atoms with van der Waals surface area (Å²) in [6.45, 7) is 5.36. The molecule has 1 atom stereocenters. The molecule has 1 fully saturated rings. The standard InChI is InChI=1S/C21H23ClN4O2S/c1-3-23-21-25-13(2)18(29-21)20(27)26-10-6-9-17(26)19-24-12-15(28-19)11-14-7-4-5-8-16(14)22/h4-5,7-8,12,17H,3,6,9-11H2,1-2H3,(H,23,25). The number of hydrogen-bond donors (Lipinski definition) is 1. The number of aryl methyl sites for hydroxylation is 1. The number of rotatable bonds is 6. The first-order chi connectivity index (χ1) is 14.1. The van der Waals surface area contributed by atoms with Crippen molar-refractivity contribution in [1.29, 1.82) is 0 Å². The fraction of sp³-hybridized carbons (Fsp3) is 0.381. The highest BCUT2D eigenvalue weighted by atomic mass is 35.5. The van der Waals surface area contributed by atoms with Gasteiger partial charge in [-0.1, -0.05) is 41.1 Å². The zero-order valence-corrected chi connectivity index (χ0v) is 18.0. The van der Waals surface area contributed by atoms with E-state index in [-0.39, 0.29) is 11.9 Å². The number of likely N-dealkylation sites (tertiary alicyclic amines) is 1. The number of thiazole rings is 1. The molecule has 3 aromatic rings. The zero-order chi connectivity index (χ0) is 20.4. The normalized spacial score (nSPS) is 16.4. The lowest BCUT2D eigenvalue weighted by atomic mass is 10.1. The second kappa shape index (κ2) is 8.55. The molecule has 1 aliphatic heterocycles. The first-order valence-electron chi connectivity index (χ1n) is 9.77. The van der Waals surface area contributed by atoms with Crippen LogP contribution in [0.15, 0.2) is 34.9 Å². The molecule has 1 aromatic carbocycles. The average molecular weight is 431 g/mol. The van der Waals surface area contributed by atoms with Gasteiger partial charge in [0.15, 0.2) is 5.13 Å². The molecule has 8 heteroatoms. The zero-order valence-electron chi connectivity index (χ0n) is 16.4. The van der Waals surface area contributed by atoms with E-state index in [0.717, 1.165) is 41.5 Å². The Kier molecular flexibility index (Phi) is 5.87. The maximum atomic E-state index is 13.2. The van der Waals surface area contributed by atoms with Crippen molar-refractivity contribution in [1.82, 2.24) is 14.9 Å². The Morgan fingerprint density at radius 2 is 2.24 bits per heavy atom. The molecule has 29 heavy (non-hydrogen) atoms. The number of aromatic nitrogens is 2. The van der Waals surface area contributed by atoms with E-state index in [1.807, 2.05) is 43.0 Å². The third-order valence-corrected chi connectivity index (χ3v) is 6.48. The number of halogens is 1. The SMILES string of the molecule is CCNc1nc(C)c(C(=O)N2CCCC2c2ncc(Cc3ccccc3Cl)o2)s1. The molecule has 152 valence electrons. The Morgan fingerprint density at radius 3 is 3.03 bits per heavy atom. The largest absolute Gasteiger partial charge is 0.443 e. The lowest BCUT2D eigenvalue weighted by Crippen LogP contribution is -2.30. The summed E-state index contributed by atoms with van der Waals surface area (Å²) in [4.78, 5) is 24.7. The molecule has 1 aliphatic rings. The van der Waals surface area contributed by atoms with Crippen LogP contribution in [0.2, 0.25) is 5.02 Å². The summed E-state index contributed by atoms with van der Waals surface area (Å²) in [6.07, 6.45) is 4.08. The number of nitrogens with one attached hydrogen (secondary N) is 1. The minimum Gasteiger partial charge on any atom is -0.443 e. The van der Waals surface area contributed by atoms with Gasteiger partial charge in [0, 0.05) is 24.5 Å². The summed E-state index contributed by atoms with van der Waals surface area (Å²) in [5.74, 6) is 1.33. The van der Waals surface area contributed by atoms with Gasteiger partial charge in [-0.3, -0.25) is 4.79 Å². The molecule has 6 nitrogen and oxygen atoms in total. The third-order valence-electron chi connectivity index (χ3n) is 5.01. The number of oxazole rings is 1. The van der Waals surface area contributed by atoms with Crippen molar-refractivity contribution in [2.45, 2.75) is 39.2 Å². The molecule has 0 radical (unpaired) electrons. The Bertz CT molecular complexity index is 1020. The number of carbonyl (C=O) groups excluding carboxylic acids is 1. The summed E-state index contributed by atoms with van der Waals surface area (Å²) >= 11 is 7.66. The summed E-state index contributed by atoms with van der Waals surface area (Å²) < 4.78 is 6.03. The highest BCUT2D eigenvalue weighted by Gasteiger charge is 2.35. The summed E-state index contributed by atoms with van der Waals surface area (Å²) in [5, 5.41) is 4.67. The van der Waals surface area contributed by atoms with Gasteiger partial charge in [0.1, 0.15) is 16.7 Å². The van der Waals surface area contributed by atoms with Crippen molar-refractivity contribution >= 4 is 34.0 Å². The van der Waals surface area contributed by atoms with Gasteiger partial charge in [-0.25, -0.2) is 9.97 Å². The third kappa shape index (κ3) is 4.16. The fourth-order valence-electron chi connectivity index (χ4n) is 3.61. The van der Waals surface area contributed by atoms with Gasteiger partial charge in [0.05, 0.1) is 11.9 Å². The second-order valence-corrected chi connectivity index (χ2v) is 8.46. The predicted octanol–water partition coefficient (Wildman–Crippen LogP) is 5.09. The van der Waals surface area contributed by atoms with Crippen molar-refractivity contribution in [3.63, 3.8) is 0 Å². The van der Waals surface area contributed by atoms with E-state index in [0.29, 0.717) is 28.8 Å². The molecule has 0 bridgehead atoms. The molecule has 3 heterocycles. The van der Waals surface area contributed by atoms with Crippen LogP contribution >= 0.6 is 22.9 Å². The maximum absolute atomic E-state index is 13.2. The van der Waals surface area contributed by atoms with E-state index in [1.54, 1.807) is 6.20 Å². The predicted molar refractivity (Wildman–Crippen MR) is 115 cm³/mol. The summed E-state index contributed by atoms with van der Waals surface area (Å²) in [7, 11) is 0. The highest BCUT2D eigenvalue weighted by Crippen LogP contribution is 2.35. The number of nitrogens with zero attached hydrogens (tertiary/aromatic N) is 3. The van der Waals surface area contributed by atoms with Crippen LogP contribution in [-0.2, 0) is 6.42 Å². The Morgan fingerprint density at radius 1 is 1.41 bits per heavy atom. The molecule has 1 unspecified atom stereocenters. The monoisotopic (exact) mass is 430 g/mol. The fourth-order valence-corrected chi connectivity index (χ4v) is 4.80. The highest BCUT2D eigenvalue weighted by molar-refractivity contribution is 7.17. The van der Waals surface area contributed by atoms with Gasteiger partial charge in [-0.05, 0) is 38.3 Å². The van der Waals surface area contributed by atoms with Crippen LogP contribution in [0.4, 0.5) is 5.13 Å². The van der Waals surface area contributed by atoms with E-state index in [4.69, 9.17) is 16.0 Å². The molecular weight excluding hydrogens is 408 g/mol. The summed E-state index contributed by atoms with van der Waals surface area (Å²) in [6, 6.07) is 7.55. The lowest BCUT2D eigenvalue weighted by molar-refractivity contribution is 0.0718. The molecule has 0 saturated carbocycles. The molecule has 0 aliphatic carbocycles. The number of hydrogen-bond acceptors (Lipinski definition) is 6. The van der Waals surface area contributed by atoms with Gasteiger partial charge in [-0.2, -0.15) is 0 Å². The number of anilines is 1. The summed E-state index contributed by atoms with van der Waals surface area (Å²) in [5.41, 5.74) is 1.75. The van der Waals surface area contributed by atoms with Crippen molar-refractivity contribution in [3.05, 3.63) is 63.3 Å². The van der Waals surface area contributed by atoms with E-state index < -0.39 is 0 Å². The van der Waals surface area contributed by atoms with E-state index in [9.17, 15) is 4.79 Å². The Labute approximate surface area is 178 Å². The van der Waals surface area contributed by atoms with E-state index in [1.165, 1.54) is 11.3 Å². The van der Waals surface area contributed by atoms with Crippen molar-refractivity contribution in [2.24, 2.45) is 0 Å². The maximum Gasteiger partial charge on any atom is 0.266 e. The van der Waals surface area contributed by atoms with Crippen molar-refractivity contribution in [2.75, 3.05) is 18.4 Å². The van der Waals surface area contributed by atoms with Gasteiger partial charge in [0.2, 0.25) is 5.89 Å². The lowest BCUT2D eigenvalue weighted by Gasteiger charge is -2.21. The molecule has 1 saturated heterocycles. The molecule has 1 amide bonds. The van der Waals surface area contributed by atoms with Crippen molar-refractivity contribution < 1.29 is 9.21 Å². The Hall–Kier alpha value is -2.38. The first kappa shape index (κ1) is 19.9. The van der Waals surface area contributed by atoms with Crippen LogP contribution in [0.25, 0.3) is 0 Å². The van der Waals surface area contributed by atoms with Crippen molar-refractivity contribution in [3.8, 4) is 0 Å². The minimum atomic E-state index is -0.147. The van der Waals surface area contributed by atoms with E-state index >= 15 is 0 Å². The van der Waals surface area contributed by atoms with Gasteiger partial charge in [0.25, 0.3) is 5.91 Å². The number of carbonyl (C=O) groups is 1. The van der Waals surface area contributed by atoms with Gasteiger partial charge in [-0.15, -0.1) is 0 Å². The average Bonchev–Trinajstić information content (AvgIpc) is 3.43. The van der Waals surface area contributed by atoms with Crippen LogP contribution in [0.1, 0.15) is 58.4 Å². The molecular formula is C21H23ClN4O2S. The quantitative estimate of drug-likeness (QED) is 0.589. The number of benzene rings is 1. The van der Waals surface area contributed by atoms with Crippen LogP contribution in [-0.4, -0.2) is 33.9 Å². The molecule has 4 rings (SSSR count). The smallest absolute Gasteiger partial charge is 0.266 e. The minimum absolute atomic E-state index is 0.00231. The van der Waals surface area contributed by atoms with Gasteiger partial charge < -0.3 is 14.6 Å².